The van der Waals surface area contributed by atoms with Crippen molar-refractivity contribution in [2.24, 2.45) is 0 Å². The lowest BCUT2D eigenvalue weighted by Gasteiger charge is -2.19. The number of ether oxygens (including phenoxy) is 2. The number of hydrogen-bond donors (Lipinski definition) is 5. The molecule has 394 valence electrons. The van der Waals surface area contributed by atoms with Crippen LogP contribution < -0.4 is 0 Å². The van der Waals surface area contributed by atoms with Gasteiger partial charge < -0.3 is 34.6 Å². The summed E-state index contributed by atoms with van der Waals surface area (Å²) < 4.78 is 53.0. The Morgan fingerprint density at radius 1 is 0.397 bits per heavy atom. The quantitative estimate of drug-likeness (QED) is 0.0126. The summed E-state index contributed by atoms with van der Waals surface area (Å²) in [4.78, 5) is 43.8. The first-order valence-corrected chi connectivity index (χ1v) is 28.3. The van der Waals surface area contributed by atoms with E-state index in [1.165, 1.54) is 96.3 Å². The van der Waals surface area contributed by atoms with Gasteiger partial charge in [0.1, 0.15) is 31.5 Å². The van der Waals surface area contributed by atoms with E-state index in [-0.39, 0.29) is 12.8 Å². The first-order valence-electron chi connectivity index (χ1n) is 25.4. The summed E-state index contributed by atoms with van der Waals surface area (Å²) in [6.45, 7) is 0.221. The maximum atomic E-state index is 12.2. The Morgan fingerprint density at radius 2 is 0.691 bits per heavy atom. The molecule has 0 aromatic rings. The van der Waals surface area contributed by atoms with Crippen LogP contribution in [0.25, 0.3) is 0 Å². The average Bonchev–Trinajstić information content (AvgIpc) is 3.31. The number of unbranched alkanes of at least 4 members (excludes halogenated alkanes) is 20. The van der Waals surface area contributed by atoms with Crippen LogP contribution in [-0.2, 0) is 46.3 Å². The third-order valence-electron chi connectivity index (χ3n) is 10.3. The van der Waals surface area contributed by atoms with Crippen molar-refractivity contribution in [3.8, 4) is 0 Å². The van der Waals surface area contributed by atoms with Crippen LogP contribution in [-0.4, -0.2) is 95.0 Å². The van der Waals surface area contributed by atoms with Gasteiger partial charge in [0.25, 0.3) is 0 Å². The van der Waals surface area contributed by atoms with E-state index in [1.807, 2.05) is 54.7 Å². The maximum absolute atomic E-state index is 12.2. The molecule has 0 amide bonds. The van der Waals surface area contributed by atoms with Crippen molar-refractivity contribution in [1.82, 2.24) is 0 Å². The molecular weight excluding hydrogens is 914 g/mol. The van der Waals surface area contributed by atoms with Crippen LogP contribution in [0.3, 0.4) is 0 Å². The average molecular weight is 1010 g/mol. The zero-order chi connectivity index (χ0) is 50.2. The fourth-order valence-electron chi connectivity index (χ4n) is 6.35. The van der Waals surface area contributed by atoms with Gasteiger partial charge in [0.15, 0.2) is 0 Å². The van der Waals surface area contributed by atoms with Gasteiger partial charge in [-0.25, -0.2) is 9.13 Å². The Labute approximate surface area is 409 Å². The fourth-order valence-corrected chi connectivity index (χ4v) is 7.94. The van der Waals surface area contributed by atoms with Crippen molar-refractivity contribution >= 4 is 27.6 Å². The molecule has 0 radical (unpaired) electrons. The van der Waals surface area contributed by atoms with Crippen LogP contribution in [0, 0.1) is 0 Å². The van der Waals surface area contributed by atoms with Gasteiger partial charge in [-0.3, -0.25) is 27.7 Å². The lowest BCUT2D eigenvalue weighted by Crippen LogP contribution is -2.25. The third-order valence-corrected chi connectivity index (χ3v) is 12.2. The second-order valence-electron chi connectivity index (χ2n) is 16.9. The third kappa shape index (κ3) is 48.5. The predicted molar refractivity (Wildman–Crippen MR) is 270 cm³/mol. The van der Waals surface area contributed by atoms with E-state index in [2.05, 4.69) is 45.6 Å². The molecule has 0 spiro atoms. The zero-order valence-corrected chi connectivity index (χ0v) is 43.3. The fraction of sp³-hybridized carbons (Fsp3) is 0.725. The molecule has 15 nitrogen and oxygen atoms in total. The number of hydrogen-bond acceptors (Lipinski definition) is 13. The first kappa shape index (κ1) is 65.5. The Morgan fingerprint density at radius 3 is 1.07 bits per heavy atom. The number of esters is 2. The van der Waals surface area contributed by atoms with E-state index in [1.54, 1.807) is 0 Å². The number of carbonyl (C=O) groups is 2. The minimum atomic E-state index is -4.80. The Balaban J connectivity index is 3.89. The van der Waals surface area contributed by atoms with Gasteiger partial charge in [0.05, 0.1) is 26.4 Å². The van der Waals surface area contributed by atoms with Gasteiger partial charge in [0, 0.05) is 12.8 Å². The van der Waals surface area contributed by atoms with Crippen LogP contribution >= 0.6 is 15.6 Å². The standard InChI is InChI=1S/C51H90O15P2/c1-3-5-7-9-11-13-15-17-19-20-21-22-23-24-26-28-30-32-34-36-38-40-51(56)62-42-48(53)44-64-68(59,60)66-46-49(54)45-65-67(57,58)63-43-47(52)41-61-50(55)39-37-35-33-31-29-27-25-18-16-14-12-10-8-6-4-2/h6,8,10,12,14,16-19,25,27,29,47-49,52-54H,3-5,7,9,11,13,15,20-24,26,28,30-46H2,1-2H3,(H,57,58)(H,59,60)/b8-6+,12-10+,16-14-,19-17+,25-18-,29-27+. The first-order chi connectivity index (χ1) is 32.8. The zero-order valence-electron chi connectivity index (χ0n) is 41.5. The smallest absolute Gasteiger partial charge is 0.463 e. The SMILES string of the molecule is CC/C=C/C=C/C=C\C=C/C=C/CCCCCC(=O)OCC(O)COP(=O)(O)OCC(O)COP(=O)(O)OCC(O)COC(=O)CCCCCCCCCCCCC/C=C/CCCCCCCC. The lowest BCUT2D eigenvalue weighted by molar-refractivity contribution is -0.148. The highest BCUT2D eigenvalue weighted by molar-refractivity contribution is 7.47. The predicted octanol–water partition coefficient (Wildman–Crippen LogP) is 11.9. The summed E-state index contributed by atoms with van der Waals surface area (Å²) in [7, 11) is -9.59. The van der Waals surface area contributed by atoms with Crippen molar-refractivity contribution in [3.05, 3.63) is 72.9 Å². The Kier molecular flexibility index (Phi) is 45.1. The number of carbonyl (C=O) groups excluding carboxylic acids is 2. The lowest BCUT2D eigenvalue weighted by atomic mass is 10.0. The molecule has 0 saturated carbocycles. The van der Waals surface area contributed by atoms with Gasteiger partial charge in [-0.1, -0.05) is 183 Å². The van der Waals surface area contributed by atoms with Crippen LogP contribution in [0.1, 0.15) is 181 Å². The molecule has 5 N–H and O–H groups in total. The minimum absolute atomic E-state index is 0.144. The number of phosphoric acid groups is 2. The number of aliphatic hydroxyl groups excluding tert-OH is 3. The van der Waals surface area contributed by atoms with Gasteiger partial charge in [0.2, 0.25) is 0 Å². The Hall–Kier alpha value is -2.52. The highest BCUT2D eigenvalue weighted by atomic mass is 31.2. The molecule has 0 aliphatic heterocycles. The molecule has 0 saturated heterocycles. The topological polar surface area (TPSA) is 225 Å². The van der Waals surface area contributed by atoms with Gasteiger partial charge in [-0.05, 0) is 57.8 Å². The van der Waals surface area contributed by atoms with Gasteiger partial charge in [-0.15, -0.1) is 0 Å². The van der Waals surface area contributed by atoms with Gasteiger partial charge in [-0.2, -0.15) is 0 Å². The second kappa shape index (κ2) is 46.8. The summed E-state index contributed by atoms with van der Waals surface area (Å²) in [5, 5.41) is 30.0. The molecule has 0 rings (SSSR count). The molecule has 5 unspecified atom stereocenters. The molecule has 0 bridgehead atoms. The number of rotatable bonds is 48. The minimum Gasteiger partial charge on any atom is -0.463 e. The van der Waals surface area contributed by atoms with Crippen molar-refractivity contribution in [2.75, 3.05) is 39.6 Å². The number of allylic oxidation sites excluding steroid dienone is 12. The van der Waals surface area contributed by atoms with E-state index in [0.717, 1.165) is 44.9 Å². The highest BCUT2D eigenvalue weighted by Crippen LogP contribution is 2.45. The molecule has 0 aromatic heterocycles. The molecule has 0 aromatic carbocycles. The van der Waals surface area contributed by atoms with Gasteiger partial charge >= 0.3 is 27.6 Å². The van der Waals surface area contributed by atoms with Crippen LogP contribution in [0.2, 0.25) is 0 Å². The van der Waals surface area contributed by atoms with Crippen molar-refractivity contribution in [2.45, 2.75) is 199 Å². The molecule has 0 aliphatic carbocycles. The van der Waals surface area contributed by atoms with E-state index < -0.39 is 85.5 Å². The second-order valence-corrected chi connectivity index (χ2v) is 19.8. The molecule has 68 heavy (non-hydrogen) atoms. The van der Waals surface area contributed by atoms with Crippen LogP contribution in [0.5, 0.6) is 0 Å². The summed E-state index contributed by atoms with van der Waals surface area (Å²) >= 11 is 0. The van der Waals surface area contributed by atoms with E-state index >= 15 is 0 Å². The maximum Gasteiger partial charge on any atom is 0.472 e. The van der Waals surface area contributed by atoms with Crippen molar-refractivity contribution in [3.63, 3.8) is 0 Å². The van der Waals surface area contributed by atoms with Crippen molar-refractivity contribution in [1.29, 1.82) is 0 Å². The van der Waals surface area contributed by atoms with Crippen molar-refractivity contribution < 1.29 is 71.4 Å². The Bertz CT molecular complexity index is 1500. The summed E-state index contributed by atoms with van der Waals surface area (Å²) in [5.74, 6) is -1.04. The van der Waals surface area contributed by atoms with E-state index in [0.29, 0.717) is 12.8 Å². The molecule has 5 atom stereocenters. The summed E-state index contributed by atoms with van der Waals surface area (Å²) in [6, 6.07) is 0. The molecular formula is C51H90O15P2. The van der Waals surface area contributed by atoms with Crippen LogP contribution in [0.15, 0.2) is 72.9 Å². The molecule has 0 aliphatic rings. The molecule has 17 heteroatoms. The van der Waals surface area contributed by atoms with E-state index in [9.17, 15) is 43.8 Å². The normalized spacial score (nSPS) is 15.6. The summed E-state index contributed by atoms with van der Waals surface area (Å²) in [5.41, 5.74) is 0. The highest BCUT2D eigenvalue weighted by Gasteiger charge is 2.28. The number of phosphoric ester groups is 2. The monoisotopic (exact) mass is 1000 g/mol. The molecule has 0 heterocycles. The number of aliphatic hydroxyl groups is 3. The summed E-state index contributed by atoms with van der Waals surface area (Å²) in [6.07, 6.45) is 47.5. The van der Waals surface area contributed by atoms with E-state index in [4.69, 9.17) is 14.0 Å². The largest absolute Gasteiger partial charge is 0.472 e. The molecule has 0 fully saturated rings. The van der Waals surface area contributed by atoms with Crippen LogP contribution in [0.4, 0.5) is 0 Å².